The fraction of sp³-hybridized carbons (Fsp3) is 0.154. The van der Waals surface area contributed by atoms with E-state index in [9.17, 15) is 9.90 Å². The summed E-state index contributed by atoms with van der Waals surface area (Å²) in [6.45, 7) is 0. The second-order valence-electron chi connectivity index (χ2n) is 3.74. The van der Waals surface area contributed by atoms with Crippen LogP contribution >= 0.6 is 0 Å². The van der Waals surface area contributed by atoms with Crippen molar-refractivity contribution in [2.45, 2.75) is 0 Å². The minimum absolute atomic E-state index is 0.204. The Labute approximate surface area is 99.0 Å². The van der Waals surface area contributed by atoms with Gasteiger partial charge in [0, 0.05) is 12.7 Å². The van der Waals surface area contributed by atoms with Crippen molar-refractivity contribution in [2.24, 2.45) is 0 Å². The molecule has 0 unspecified atom stereocenters. The Hall–Kier alpha value is -2.23. The molecule has 0 saturated heterocycles. The molecule has 88 valence electrons. The van der Waals surface area contributed by atoms with E-state index in [0.717, 1.165) is 16.5 Å². The lowest BCUT2D eigenvalue weighted by Crippen LogP contribution is -2.25. The first-order chi connectivity index (χ1) is 8.11. The summed E-state index contributed by atoms with van der Waals surface area (Å²) in [5.74, 6) is 0.204. The van der Waals surface area contributed by atoms with Gasteiger partial charge in [0.15, 0.2) is 0 Å². The van der Waals surface area contributed by atoms with Crippen LogP contribution < -0.4 is 4.90 Å². The van der Waals surface area contributed by atoms with Gasteiger partial charge in [0.2, 0.25) is 0 Å². The van der Waals surface area contributed by atoms with Crippen molar-refractivity contribution in [1.82, 2.24) is 0 Å². The van der Waals surface area contributed by atoms with E-state index in [1.54, 1.807) is 19.2 Å². The fourth-order valence-corrected chi connectivity index (χ4v) is 1.67. The predicted molar refractivity (Wildman–Crippen MR) is 66.4 cm³/mol. The van der Waals surface area contributed by atoms with Gasteiger partial charge in [-0.2, -0.15) is 0 Å². The quantitative estimate of drug-likeness (QED) is 0.821. The first-order valence-corrected chi connectivity index (χ1v) is 5.16. The van der Waals surface area contributed by atoms with Crippen molar-refractivity contribution in [3.05, 3.63) is 36.4 Å². The van der Waals surface area contributed by atoms with Crippen molar-refractivity contribution in [1.29, 1.82) is 0 Å². The minimum Gasteiger partial charge on any atom is -0.508 e. The van der Waals surface area contributed by atoms with Gasteiger partial charge >= 0.3 is 6.09 Å². The highest BCUT2D eigenvalue weighted by Crippen LogP contribution is 2.24. The zero-order valence-corrected chi connectivity index (χ0v) is 9.68. The normalized spacial score (nSPS) is 10.2. The van der Waals surface area contributed by atoms with E-state index in [0.29, 0.717) is 0 Å². The van der Waals surface area contributed by atoms with Crippen LogP contribution in [0.3, 0.4) is 0 Å². The topological polar surface area (TPSA) is 49.8 Å². The number of nitrogens with zero attached hydrogens (tertiary/aromatic N) is 1. The van der Waals surface area contributed by atoms with Crippen LogP contribution in [0.1, 0.15) is 0 Å². The summed E-state index contributed by atoms with van der Waals surface area (Å²) in [5, 5.41) is 11.3. The average molecular weight is 231 g/mol. The Morgan fingerprint density at radius 3 is 2.59 bits per heavy atom. The zero-order chi connectivity index (χ0) is 12.4. The average Bonchev–Trinajstić information content (AvgIpc) is 2.36. The number of amides is 1. The van der Waals surface area contributed by atoms with E-state index >= 15 is 0 Å². The first kappa shape index (κ1) is 11.3. The summed E-state index contributed by atoms with van der Waals surface area (Å²) in [6.07, 6.45) is -0.426. The number of rotatable bonds is 1. The summed E-state index contributed by atoms with van der Waals surface area (Å²) in [7, 11) is 2.97. The molecule has 0 aromatic heterocycles. The van der Waals surface area contributed by atoms with E-state index in [-0.39, 0.29) is 5.75 Å². The molecule has 0 aliphatic rings. The standard InChI is InChI=1S/C13H13NO3/c1-14(13(16)17-2)11-5-3-9-4-6-12(15)8-10(9)7-11/h3-8,15H,1-2H3. The molecule has 0 aliphatic carbocycles. The van der Waals surface area contributed by atoms with Gasteiger partial charge in [0.25, 0.3) is 0 Å². The van der Waals surface area contributed by atoms with Gasteiger partial charge in [0.05, 0.1) is 7.11 Å². The molecule has 17 heavy (non-hydrogen) atoms. The Bertz CT molecular complexity index is 566. The molecule has 2 aromatic carbocycles. The molecule has 0 atom stereocenters. The zero-order valence-electron chi connectivity index (χ0n) is 9.68. The maximum absolute atomic E-state index is 11.4. The Kier molecular flexibility index (Phi) is 2.87. The smallest absolute Gasteiger partial charge is 0.413 e. The summed E-state index contributed by atoms with van der Waals surface area (Å²) in [5.41, 5.74) is 0.718. The van der Waals surface area contributed by atoms with Gasteiger partial charge in [-0.15, -0.1) is 0 Å². The summed E-state index contributed by atoms with van der Waals surface area (Å²) < 4.78 is 4.64. The van der Waals surface area contributed by atoms with Gasteiger partial charge in [0.1, 0.15) is 5.75 Å². The second kappa shape index (κ2) is 4.33. The molecule has 0 fully saturated rings. The third-order valence-corrected chi connectivity index (χ3v) is 2.64. The van der Waals surface area contributed by atoms with E-state index in [1.807, 2.05) is 24.3 Å². The van der Waals surface area contributed by atoms with Gasteiger partial charge in [-0.1, -0.05) is 12.1 Å². The number of benzene rings is 2. The number of phenolic OH excluding ortho intramolecular Hbond substituents is 1. The molecule has 0 spiro atoms. The molecule has 2 aromatic rings. The van der Waals surface area contributed by atoms with Gasteiger partial charge in [-0.05, 0) is 35.0 Å². The number of ether oxygens (including phenoxy) is 1. The van der Waals surface area contributed by atoms with Crippen molar-refractivity contribution >= 4 is 22.6 Å². The molecular weight excluding hydrogens is 218 g/mol. The van der Waals surface area contributed by atoms with Gasteiger partial charge in [-0.3, -0.25) is 4.90 Å². The van der Waals surface area contributed by atoms with E-state index in [4.69, 9.17) is 0 Å². The van der Waals surface area contributed by atoms with Gasteiger partial charge in [-0.25, -0.2) is 4.79 Å². The number of hydrogen-bond acceptors (Lipinski definition) is 3. The highest BCUT2D eigenvalue weighted by Gasteiger charge is 2.10. The second-order valence-corrected chi connectivity index (χ2v) is 3.74. The Balaban J connectivity index is 2.46. The SMILES string of the molecule is COC(=O)N(C)c1ccc2ccc(O)cc2c1. The number of hydrogen-bond donors (Lipinski definition) is 1. The molecule has 0 bridgehead atoms. The van der Waals surface area contributed by atoms with E-state index in [1.165, 1.54) is 12.0 Å². The molecule has 0 heterocycles. The largest absolute Gasteiger partial charge is 0.508 e. The first-order valence-electron chi connectivity index (χ1n) is 5.16. The van der Waals surface area contributed by atoms with Crippen molar-refractivity contribution < 1.29 is 14.6 Å². The summed E-state index contributed by atoms with van der Waals surface area (Å²) >= 11 is 0. The maximum atomic E-state index is 11.4. The van der Waals surface area contributed by atoms with Crippen LogP contribution in [0.5, 0.6) is 5.75 Å². The summed E-state index contributed by atoms with van der Waals surface area (Å²) in [4.78, 5) is 12.8. The molecule has 0 saturated carbocycles. The lowest BCUT2D eigenvalue weighted by Gasteiger charge is -2.16. The number of carbonyl (C=O) groups excluding carboxylic acids is 1. The highest BCUT2D eigenvalue weighted by molar-refractivity contribution is 5.92. The third kappa shape index (κ3) is 2.15. The van der Waals surface area contributed by atoms with Crippen molar-refractivity contribution in [2.75, 3.05) is 19.1 Å². The van der Waals surface area contributed by atoms with Crippen LogP contribution in [0.15, 0.2) is 36.4 Å². The van der Waals surface area contributed by atoms with E-state index in [2.05, 4.69) is 4.74 Å². The third-order valence-electron chi connectivity index (χ3n) is 2.64. The fourth-order valence-electron chi connectivity index (χ4n) is 1.67. The monoisotopic (exact) mass is 231 g/mol. The number of phenols is 1. The van der Waals surface area contributed by atoms with E-state index < -0.39 is 6.09 Å². The Morgan fingerprint density at radius 2 is 1.88 bits per heavy atom. The highest BCUT2D eigenvalue weighted by atomic mass is 16.5. The number of anilines is 1. The van der Waals surface area contributed by atoms with Crippen LogP contribution in [0.4, 0.5) is 10.5 Å². The van der Waals surface area contributed by atoms with Crippen molar-refractivity contribution in [3.8, 4) is 5.75 Å². The van der Waals surface area contributed by atoms with Crippen LogP contribution in [0.2, 0.25) is 0 Å². The number of methoxy groups -OCH3 is 1. The molecule has 4 nitrogen and oxygen atoms in total. The molecular formula is C13H13NO3. The molecule has 0 aliphatic heterocycles. The maximum Gasteiger partial charge on any atom is 0.413 e. The molecule has 1 N–H and O–H groups in total. The molecule has 2 rings (SSSR count). The van der Waals surface area contributed by atoms with Crippen LogP contribution in [-0.4, -0.2) is 25.4 Å². The van der Waals surface area contributed by atoms with Crippen LogP contribution in [0.25, 0.3) is 10.8 Å². The molecule has 0 radical (unpaired) electrons. The van der Waals surface area contributed by atoms with Crippen LogP contribution in [-0.2, 0) is 4.74 Å². The predicted octanol–water partition coefficient (Wildman–Crippen LogP) is 2.75. The number of carbonyl (C=O) groups is 1. The molecule has 4 heteroatoms. The lowest BCUT2D eigenvalue weighted by molar-refractivity contribution is 0.180. The van der Waals surface area contributed by atoms with Crippen LogP contribution in [0, 0.1) is 0 Å². The number of aromatic hydroxyl groups is 1. The number of fused-ring (bicyclic) bond motifs is 1. The molecule has 1 amide bonds. The van der Waals surface area contributed by atoms with Crippen molar-refractivity contribution in [3.63, 3.8) is 0 Å². The summed E-state index contributed by atoms with van der Waals surface area (Å²) in [6, 6.07) is 10.7. The van der Waals surface area contributed by atoms with Gasteiger partial charge < -0.3 is 9.84 Å². The Morgan fingerprint density at radius 1 is 1.18 bits per heavy atom. The lowest BCUT2D eigenvalue weighted by atomic mass is 10.1. The minimum atomic E-state index is -0.426.